The fraction of sp³-hybridized carbons (Fsp3) is 0.462. The number of aryl methyl sites for hydroxylation is 2. The van der Waals surface area contributed by atoms with Crippen LogP contribution in [0.4, 0.5) is 0 Å². The summed E-state index contributed by atoms with van der Waals surface area (Å²) in [7, 11) is 0. The zero-order valence-electron chi connectivity index (χ0n) is 10.8. The van der Waals surface area contributed by atoms with Gasteiger partial charge in [0.1, 0.15) is 0 Å². The van der Waals surface area contributed by atoms with Crippen molar-refractivity contribution in [2.75, 3.05) is 0 Å². The molecule has 2 aromatic heterocycles. The van der Waals surface area contributed by atoms with Crippen LogP contribution in [0.2, 0.25) is 0 Å². The van der Waals surface area contributed by atoms with Crippen LogP contribution >= 0.6 is 11.3 Å². The van der Waals surface area contributed by atoms with Crippen molar-refractivity contribution in [1.82, 2.24) is 14.7 Å². The highest BCUT2D eigenvalue weighted by atomic mass is 32.1. The molecule has 0 aromatic carbocycles. The van der Waals surface area contributed by atoms with Crippen LogP contribution in [-0.4, -0.2) is 14.7 Å². The molecule has 0 atom stereocenters. The van der Waals surface area contributed by atoms with Crippen molar-refractivity contribution < 1.29 is 4.52 Å². The monoisotopic (exact) mass is 277 g/mol. The van der Waals surface area contributed by atoms with Gasteiger partial charge in [0.15, 0.2) is 5.82 Å². The maximum Gasteiger partial charge on any atom is 0.307 e. The molecule has 0 spiro atoms. The Bertz CT molecular complexity index is 659. The maximum atomic E-state index is 11.6. The highest BCUT2D eigenvalue weighted by molar-refractivity contribution is 7.07. The van der Waals surface area contributed by atoms with Gasteiger partial charge in [0, 0.05) is 30.0 Å². The van der Waals surface area contributed by atoms with Gasteiger partial charge in [-0.15, -0.1) is 0 Å². The van der Waals surface area contributed by atoms with Crippen molar-refractivity contribution >= 4 is 11.3 Å². The minimum atomic E-state index is 0.0625. The first kappa shape index (κ1) is 12.3. The minimum absolute atomic E-state index is 0.0625. The SMILES string of the molecule is C=C1CC(c2noc(CCn3c(C)csc3=O)n2)C1. The predicted octanol–water partition coefficient (Wildman–Crippen LogP) is 2.28. The van der Waals surface area contributed by atoms with Crippen LogP contribution in [0.25, 0.3) is 0 Å². The molecule has 1 fully saturated rings. The Morgan fingerprint density at radius 2 is 2.37 bits per heavy atom. The van der Waals surface area contributed by atoms with E-state index in [0.717, 1.165) is 24.4 Å². The third kappa shape index (κ3) is 2.40. The molecule has 6 heteroatoms. The first-order valence-corrected chi connectivity index (χ1v) is 7.15. The Balaban J connectivity index is 1.65. The fourth-order valence-corrected chi connectivity index (χ4v) is 3.00. The number of allylic oxidation sites excluding steroid dienone is 1. The standard InChI is InChI=1S/C13H15N3O2S/c1-8-5-10(6-8)12-14-11(18-15-12)3-4-16-9(2)7-19-13(16)17/h7,10H,1,3-6H2,2H3. The summed E-state index contributed by atoms with van der Waals surface area (Å²) in [4.78, 5) is 16.0. The molecule has 0 saturated heterocycles. The van der Waals surface area contributed by atoms with Gasteiger partial charge in [-0.2, -0.15) is 4.98 Å². The second-order valence-electron chi connectivity index (χ2n) is 4.95. The third-order valence-corrected chi connectivity index (χ3v) is 4.33. The first-order valence-electron chi connectivity index (χ1n) is 6.27. The van der Waals surface area contributed by atoms with E-state index in [1.54, 1.807) is 4.57 Å². The zero-order valence-corrected chi connectivity index (χ0v) is 11.6. The molecule has 1 saturated carbocycles. The van der Waals surface area contributed by atoms with E-state index in [0.29, 0.717) is 24.8 Å². The molecule has 19 heavy (non-hydrogen) atoms. The highest BCUT2D eigenvalue weighted by Crippen LogP contribution is 2.38. The number of rotatable bonds is 4. The van der Waals surface area contributed by atoms with Gasteiger partial charge < -0.3 is 9.09 Å². The molecule has 0 radical (unpaired) electrons. The van der Waals surface area contributed by atoms with Gasteiger partial charge >= 0.3 is 4.87 Å². The normalized spacial score (nSPS) is 15.7. The quantitative estimate of drug-likeness (QED) is 0.804. The molecular weight excluding hydrogens is 262 g/mol. The summed E-state index contributed by atoms with van der Waals surface area (Å²) in [6.45, 7) is 6.43. The summed E-state index contributed by atoms with van der Waals surface area (Å²) in [6.07, 6.45) is 2.52. The Morgan fingerprint density at radius 1 is 1.58 bits per heavy atom. The van der Waals surface area contributed by atoms with Crippen LogP contribution in [-0.2, 0) is 13.0 Å². The molecular formula is C13H15N3O2S. The molecule has 5 nitrogen and oxygen atoms in total. The second-order valence-corrected chi connectivity index (χ2v) is 5.77. The molecule has 0 bridgehead atoms. The van der Waals surface area contributed by atoms with E-state index in [9.17, 15) is 4.79 Å². The molecule has 0 unspecified atom stereocenters. The molecule has 0 N–H and O–H groups in total. The topological polar surface area (TPSA) is 60.9 Å². The van der Waals surface area contributed by atoms with E-state index < -0.39 is 0 Å². The molecule has 0 amide bonds. The number of hydrogen-bond acceptors (Lipinski definition) is 5. The number of thiazole rings is 1. The highest BCUT2D eigenvalue weighted by Gasteiger charge is 2.27. The van der Waals surface area contributed by atoms with Crippen molar-refractivity contribution in [2.45, 2.75) is 38.6 Å². The molecule has 1 aliphatic carbocycles. The predicted molar refractivity (Wildman–Crippen MR) is 72.4 cm³/mol. The summed E-state index contributed by atoms with van der Waals surface area (Å²) < 4.78 is 6.97. The fourth-order valence-electron chi connectivity index (χ4n) is 2.24. The third-order valence-electron chi connectivity index (χ3n) is 3.44. The van der Waals surface area contributed by atoms with E-state index in [1.807, 2.05) is 12.3 Å². The molecule has 0 aliphatic heterocycles. The average Bonchev–Trinajstić information content (AvgIpc) is 2.92. The summed E-state index contributed by atoms with van der Waals surface area (Å²) in [5.74, 6) is 1.75. The Hall–Kier alpha value is -1.69. The minimum Gasteiger partial charge on any atom is -0.339 e. The van der Waals surface area contributed by atoms with Gasteiger partial charge in [-0.1, -0.05) is 28.6 Å². The van der Waals surface area contributed by atoms with Gasteiger partial charge in [0.2, 0.25) is 5.89 Å². The maximum absolute atomic E-state index is 11.6. The van der Waals surface area contributed by atoms with E-state index in [4.69, 9.17) is 4.52 Å². The molecule has 3 rings (SSSR count). The van der Waals surface area contributed by atoms with Crippen LogP contribution in [0.1, 0.15) is 36.2 Å². The van der Waals surface area contributed by atoms with Gasteiger partial charge in [0.05, 0.1) is 0 Å². The van der Waals surface area contributed by atoms with Crippen LogP contribution in [0.3, 0.4) is 0 Å². The van der Waals surface area contributed by atoms with E-state index in [1.165, 1.54) is 16.9 Å². The second kappa shape index (κ2) is 4.77. The summed E-state index contributed by atoms with van der Waals surface area (Å²) in [5.41, 5.74) is 2.22. The van der Waals surface area contributed by atoms with Crippen molar-refractivity contribution in [1.29, 1.82) is 0 Å². The van der Waals surface area contributed by atoms with Crippen LogP contribution in [0, 0.1) is 6.92 Å². The summed E-state index contributed by atoms with van der Waals surface area (Å²) in [5, 5.41) is 5.87. The molecule has 1 aliphatic rings. The van der Waals surface area contributed by atoms with Crippen LogP contribution in [0.15, 0.2) is 26.8 Å². The van der Waals surface area contributed by atoms with E-state index >= 15 is 0 Å². The van der Waals surface area contributed by atoms with Crippen molar-refractivity contribution in [3.05, 3.63) is 44.6 Å². The summed E-state index contributed by atoms with van der Waals surface area (Å²) >= 11 is 1.22. The smallest absolute Gasteiger partial charge is 0.307 e. The van der Waals surface area contributed by atoms with E-state index in [2.05, 4.69) is 16.7 Å². The average molecular weight is 277 g/mol. The Labute approximate surface area is 114 Å². The van der Waals surface area contributed by atoms with Gasteiger partial charge in [0.25, 0.3) is 0 Å². The number of hydrogen-bond donors (Lipinski definition) is 0. The van der Waals surface area contributed by atoms with Crippen molar-refractivity contribution in [2.24, 2.45) is 0 Å². The largest absolute Gasteiger partial charge is 0.339 e. The van der Waals surface area contributed by atoms with E-state index in [-0.39, 0.29) is 4.87 Å². The van der Waals surface area contributed by atoms with Crippen molar-refractivity contribution in [3.8, 4) is 0 Å². The van der Waals surface area contributed by atoms with Crippen molar-refractivity contribution in [3.63, 3.8) is 0 Å². The molecule has 2 heterocycles. The van der Waals surface area contributed by atoms with Gasteiger partial charge in [-0.25, -0.2) is 0 Å². The van der Waals surface area contributed by atoms with Gasteiger partial charge in [-0.3, -0.25) is 4.79 Å². The number of nitrogens with zero attached hydrogens (tertiary/aromatic N) is 3. The lowest BCUT2D eigenvalue weighted by Gasteiger charge is -2.24. The van der Waals surface area contributed by atoms with Gasteiger partial charge in [-0.05, 0) is 19.8 Å². The lowest BCUT2D eigenvalue weighted by atomic mass is 9.81. The molecule has 100 valence electrons. The Kier molecular flexibility index (Phi) is 3.10. The van der Waals surface area contributed by atoms with Crippen LogP contribution in [0.5, 0.6) is 0 Å². The first-order chi connectivity index (χ1) is 9.13. The lowest BCUT2D eigenvalue weighted by molar-refractivity contribution is 0.358. The lowest BCUT2D eigenvalue weighted by Crippen LogP contribution is -2.16. The summed E-state index contributed by atoms with van der Waals surface area (Å²) in [6, 6.07) is 0. The number of aromatic nitrogens is 3. The van der Waals surface area contributed by atoms with Crippen LogP contribution < -0.4 is 4.87 Å². The molecule has 2 aromatic rings. The zero-order chi connectivity index (χ0) is 13.4. The Morgan fingerprint density at radius 3 is 3.00 bits per heavy atom.